The fourth-order valence-corrected chi connectivity index (χ4v) is 11.3. The van der Waals surface area contributed by atoms with Crippen molar-refractivity contribution in [1.82, 2.24) is 0 Å². The zero-order valence-electron chi connectivity index (χ0n) is 18.5. The van der Waals surface area contributed by atoms with Crippen molar-refractivity contribution >= 4 is 55.6 Å². The maximum atomic E-state index is 11.4. The van der Waals surface area contributed by atoms with Gasteiger partial charge in [0, 0.05) is 6.61 Å². The summed E-state index contributed by atoms with van der Waals surface area (Å²) in [5.74, 6) is 0.106. The molecule has 0 aromatic carbocycles. The van der Waals surface area contributed by atoms with Crippen LogP contribution in [0.25, 0.3) is 0 Å². The number of hydrogen-bond acceptors (Lipinski definition) is 4. The van der Waals surface area contributed by atoms with Crippen molar-refractivity contribution in [2.45, 2.75) is 126 Å². The third kappa shape index (κ3) is 8.95. The van der Waals surface area contributed by atoms with Gasteiger partial charge >= 0.3 is 29.6 Å². The normalized spacial score (nSPS) is 27.1. The SMILES string of the molecule is BOS(=O)(=O)CCCCOC1CCCC(P(C2CCCCC2)C2CCCCC2)C1.[NaH]. The van der Waals surface area contributed by atoms with Crippen molar-refractivity contribution in [3.05, 3.63) is 0 Å². The molecule has 0 N–H and O–H groups in total. The van der Waals surface area contributed by atoms with Gasteiger partial charge in [-0.05, 0) is 74.8 Å². The molecule has 0 amide bonds. The van der Waals surface area contributed by atoms with Gasteiger partial charge < -0.3 is 8.84 Å². The summed E-state index contributed by atoms with van der Waals surface area (Å²) in [6.07, 6.45) is 21.8. The standard InChI is InChI=1S/C22H42BO4PS.Na.H/c23-27-29(24,25)17-8-7-16-26-19-10-9-15-22(18-19)28(20-11-3-1-4-12-20)21-13-5-2-6-14-21;;/h19-22H,1-18,23H2;;. The quantitative estimate of drug-likeness (QED) is 0.269. The molecule has 0 spiro atoms. The molecule has 0 bridgehead atoms. The van der Waals surface area contributed by atoms with Crippen LogP contribution in [0.4, 0.5) is 0 Å². The van der Waals surface area contributed by atoms with Crippen molar-refractivity contribution in [2.24, 2.45) is 0 Å². The first-order valence-corrected chi connectivity index (χ1v) is 15.4. The molecule has 30 heavy (non-hydrogen) atoms. The Morgan fingerprint density at radius 2 is 1.33 bits per heavy atom. The van der Waals surface area contributed by atoms with Gasteiger partial charge in [-0.2, -0.15) is 0 Å². The molecular formula is C22H43BNaO4PS. The fourth-order valence-electron chi connectivity index (χ4n) is 5.91. The molecule has 3 fully saturated rings. The first-order chi connectivity index (χ1) is 14.1. The van der Waals surface area contributed by atoms with Gasteiger partial charge in [0.25, 0.3) is 18.2 Å². The van der Waals surface area contributed by atoms with Gasteiger partial charge in [-0.25, -0.2) is 8.42 Å². The van der Waals surface area contributed by atoms with Crippen molar-refractivity contribution in [3.8, 4) is 0 Å². The Morgan fingerprint density at radius 1 is 0.767 bits per heavy atom. The Kier molecular flexibility index (Phi) is 13.4. The molecule has 0 aromatic rings. The molecule has 2 atom stereocenters. The maximum absolute atomic E-state index is 11.4. The summed E-state index contributed by atoms with van der Waals surface area (Å²) >= 11 is 0. The molecule has 0 radical (unpaired) electrons. The molecule has 4 nitrogen and oxygen atoms in total. The van der Waals surface area contributed by atoms with Crippen molar-refractivity contribution in [3.63, 3.8) is 0 Å². The van der Waals surface area contributed by atoms with Gasteiger partial charge in [0.1, 0.15) is 0 Å². The molecular weight excluding hydrogens is 425 g/mol. The number of hydrogen-bond donors (Lipinski definition) is 0. The Labute approximate surface area is 210 Å². The van der Waals surface area contributed by atoms with Gasteiger partial charge in [-0.3, -0.25) is 0 Å². The zero-order valence-corrected chi connectivity index (χ0v) is 20.2. The summed E-state index contributed by atoms with van der Waals surface area (Å²) in [6, 6.07) is 0. The molecule has 0 aromatic heterocycles. The second-order valence-electron chi connectivity index (χ2n) is 9.48. The summed E-state index contributed by atoms with van der Waals surface area (Å²) in [5, 5.41) is 0. The van der Waals surface area contributed by atoms with E-state index < -0.39 is 10.1 Å². The van der Waals surface area contributed by atoms with E-state index in [0.29, 0.717) is 19.1 Å². The monoisotopic (exact) mass is 468 g/mol. The first kappa shape index (κ1) is 27.6. The van der Waals surface area contributed by atoms with E-state index in [1.807, 2.05) is 0 Å². The Balaban J connectivity index is 0.00000320. The van der Waals surface area contributed by atoms with E-state index in [4.69, 9.17) is 4.74 Å². The summed E-state index contributed by atoms with van der Waals surface area (Å²) in [5.41, 5.74) is 2.98. The molecule has 0 heterocycles. The average molecular weight is 468 g/mol. The first-order valence-electron chi connectivity index (χ1n) is 12.3. The molecule has 0 aliphatic heterocycles. The molecule has 3 aliphatic rings. The molecule has 170 valence electrons. The number of rotatable bonds is 10. The third-order valence-electron chi connectivity index (χ3n) is 7.41. The summed E-state index contributed by atoms with van der Waals surface area (Å²) in [6.45, 7) is 0.696. The Bertz CT molecular complexity index is 549. The molecule has 0 saturated heterocycles. The number of ether oxygens (including phenoxy) is 1. The average Bonchev–Trinajstić information content (AvgIpc) is 2.75. The number of unbranched alkanes of at least 4 members (excludes halogenated alkanes) is 1. The van der Waals surface area contributed by atoms with Gasteiger partial charge in [0.2, 0.25) is 0 Å². The Morgan fingerprint density at radius 3 is 1.90 bits per heavy atom. The van der Waals surface area contributed by atoms with Crippen LogP contribution < -0.4 is 0 Å². The van der Waals surface area contributed by atoms with Crippen LogP contribution in [0.2, 0.25) is 0 Å². The third-order valence-corrected chi connectivity index (χ3v) is 12.7. The minimum atomic E-state index is -3.32. The summed E-state index contributed by atoms with van der Waals surface area (Å²) < 4.78 is 33.6. The van der Waals surface area contributed by atoms with Gasteiger partial charge in [-0.15, -0.1) is 0 Å². The van der Waals surface area contributed by atoms with E-state index in [2.05, 4.69) is 4.10 Å². The van der Waals surface area contributed by atoms with Crippen LogP contribution >= 0.6 is 7.92 Å². The molecule has 3 saturated carbocycles. The molecule has 8 heteroatoms. The van der Waals surface area contributed by atoms with E-state index in [0.717, 1.165) is 23.4 Å². The molecule has 3 rings (SSSR count). The molecule has 2 unspecified atom stereocenters. The summed E-state index contributed by atoms with van der Waals surface area (Å²) in [4.78, 5) is 0. The van der Waals surface area contributed by atoms with Crippen LogP contribution in [0.15, 0.2) is 0 Å². The second-order valence-corrected chi connectivity index (χ2v) is 14.4. The van der Waals surface area contributed by atoms with Crippen LogP contribution in [-0.2, 0) is 19.0 Å². The van der Waals surface area contributed by atoms with E-state index in [1.165, 1.54) is 97.9 Å². The van der Waals surface area contributed by atoms with Crippen molar-refractivity contribution < 1.29 is 17.3 Å². The van der Waals surface area contributed by atoms with Crippen molar-refractivity contribution in [1.29, 1.82) is 0 Å². The summed E-state index contributed by atoms with van der Waals surface area (Å²) in [7, 11) is -1.94. The van der Waals surface area contributed by atoms with Crippen LogP contribution in [0.5, 0.6) is 0 Å². The van der Waals surface area contributed by atoms with Gasteiger partial charge in [-0.1, -0.05) is 52.9 Å². The molecule has 3 aliphatic carbocycles. The minimum absolute atomic E-state index is 0. The predicted molar refractivity (Wildman–Crippen MR) is 132 cm³/mol. The fraction of sp³-hybridized carbons (Fsp3) is 1.00. The Hall–Kier alpha value is 1.36. The second kappa shape index (κ2) is 14.6. The van der Waals surface area contributed by atoms with Crippen LogP contribution in [-0.4, -0.2) is 81.5 Å². The van der Waals surface area contributed by atoms with Crippen LogP contribution in [0.1, 0.15) is 103 Å². The topological polar surface area (TPSA) is 52.6 Å². The van der Waals surface area contributed by atoms with Gasteiger partial charge in [0.15, 0.2) is 0 Å². The van der Waals surface area contributed by atoms with Crippen LogP contribution in [0.3, 0.4) is 0 Å². The predicted octanol–water partition coefficient (Wildman–Crippen LogP) is 4.49. The van der Waals surface area contributed by atoms with E-state index in [1.54, 1.807) is 0 Å². The van der Waals surface area contributed by atoms with E-state index in [9.17, 15) is 8.42 Å². The van der Waals surface area contributed by atoms with E-state index in [-0.39, 0.29) is 43.2 Å². The van der Waals surface area contributed by atoms with E-state index >= 15 is 0 Å². The van der Waals surface area contributed by atoms with Crippen molar-refractivity contribution in [2.75, 3.05) is 12.4 Å². The van der Waals surface area contributed by atoms with Gasteiger partial charge in [0.05, 0.1) is 11.9 Å². The zero-order chi connectivity index (χ0) is 20.5. The van der Waals surface area contributed by atoms with Crippen LogP contribution in [0, 0.1) is 0 Å².